The van der Waals surface area contributed by atoms with Gasteiger partial charge in [-0.2, -0.15) is 0 Å². The number of carbonyl (C=O) groups excluding carboxylic acids is 8. The van der Waals surface area contributed by atoms with Crippen molar-refractivity contribution in [2.45, 2.75) is 172 Å². The van der Waals surface area contributed by atoms with Crippen molar-refractivity contribution in [1.82, 2.24) is 5.32 Å². The molecule has 31 heteroatoms. The molecule has 0 bridgehead atoms. The van der Waals surface area contributed by atoms with E-state index in [1.165, 1.54) is 52.6 Å². The molecule has 112 heavy (non-hydrogen) atoms. The summed E-state index contributed by atoms with van der Waals surface area (Å²) in [6.45, 7) is 8.79. The molecule has 0 fully saturated rings. The van der Waals surface area contributed by atoms with Gasteiger partial charge >= 0.3 is 35.8 Å². The summed E-state index contributed by atoms with van der Waals surface area (Å²) in [6.07, 6.45) is 4.51. The molecule has 6 atom stereocenters. The van der Waals surface area contributed by atoms with E-state index in [1.807, 2.05) is 36.4 Å². The summed E-state index contributed by atoms with van der Waals surface area (Å²) in [7, 11) is 0. The Morgan fingerprint density at radius 1 is 0.384 bits per heavy atom. The van der Waals surface area contributed by atoms with Gasteiger partial charge in [0, 0.05) is 35.4 Å². The van der Waals surface area contributed by atoms with Crippen LogP contribution in [-0.2, 0) is 96.1 Å². The van der Waals surface area contributed by atoms with Gasteiger partial charge in [0.05, 0.1) is 25.3 Å². The first-order valence-corrected chi connectivity index (χ1v) is 33.3. The predicted molar refractivity (Wildman–Crippen MR) is 437 cm³/mol. The number of aliphatic imine (C=N–C) groups is 2. The van der Waals surface area contributed by atoms with E-state index in [0.29, 0.717) is 35.5 Å². The third-order valence-electron chi connectivity index (χ3n) is 13.7. The summed E-state index contributed by atoms with van der Waals surface area (Å²) in [6, 6.07) is 36.0. The fraction of sp³-hybridized carbons (Fsp3) is 0.358. The number of hydrogen-bond acceptors (Lipinski definition) is 23. The van der Waals surface area contributed by atoms with Crippen LogP contribution in [0.4, 0.5) is 0 Å². The first-order chi connectivity index (χ1) is 49.7. The molecule has 19 N–H and O–H groups in total. The number of Topliss-reactive ketones (excluding diaryl/α,β-unsaturated/α-hetero) is 6. The largest absolute Gasteiger partial charge is 0.486 e. The van der Waals surface area contributed by atoms with Crippen LogP contribution < -0.4 is 44.5 Å². The van der Waals surface area contributed by atoms with Gasteiger partial charge in [0.2, 0.25) is 5.91 Å². The highest BCUT2D eigenvalue weighted by Gasteiger charge is 2.18. The van der Waals surface area contributed by atoms with Gasteiger partial charge in [0.15, 0.2) is 17.3 Å². The number of rotatable bonds is 34. The van der Waals surface area contributed by atoms with E-state index in [0.717, 1.165) is 49.4 Å². The Morgan fingerprint density at radius 2 is 0.688 bits per heavy atom. The highest BCUT2D eigenvalue weighted by molar-refractivity contribution is 8.00. The Morgan fingerprint density at radius 3 is 0.973 bits per heavy atom. The molecule has 6 aromatic carbocycles. The zero-order valence-electron chi connectivity index (χ0n) is 59.3. The predicted octanol–water partition coefficient (Wildman–Crippen LogP) is 7.77. The van der Waals surface area contributed by atoms with Crippen LogP contribution in [0, 0.1) is 0 Å². The van der Waals surface area contributed by atoms with Crippen molar-refractivity contribution in [3.63, 3.8) is 0 Å². The molecular formula is C81H115N9O21S. The number of carboxylic acid groups (broad SMARTS) is 6. The van der Waals surface area contributed by atoms with Crippen molar-refractivity contribution in [2.24, 2.45) is 44.4 Å². The monoisotopic (exact) mass is 1580 g/mol. The Hall–Kier alpha value is -11.5. The number of nitrogens with two attached hydrogens (primary N) is 6. The number of thioether (sulfide) groups is 1. The summed E-state index contributed by atoms with van der Waals surface area (Å²) >= 11 is 1.47. The average Bonchev–Trinajstić information content (AvgIpc) is 0.913. The number of ketones is 6. The number of amides is 2. The van der Waals surface area contributed by atoms with E-state index in [1.54, 1.807) is 122 Å². The van der Waals surface area contributed by atoms with Crippen LogP contribution in [0.25, 0.3) is 0 Å². The number of aliphatic carboxylic acids is 6. The lowest BCUT2D eigenvalue weighted by atomic mass is 10.0. The second-order valence-electron chi connectivity index (χ2n) is 23.7. The van der Waals surface area contributed by atoms with E-state index < -0.39 is 72.1 Å². The molecule has 6 rings (SSSR count). The van der Waals surface area contributed by atoms with Gasteiger partial charge in [-0.25, -0.2) is 4.99 Å². The zero-order chi connectivity index (χ0) is 80.2. The second kappa shape index (κ2) is 60.4. The Balaban J connectivity index is -0.000000298. The summed E-state index contributed by atoms with van der Waals surface area (Å²) in [5.41, 5.74) is 39.9. The smallest absolute Gasteiger partial charge is 0.320 e. The molecule has 0 aliphatic rings. The van der Waals surface area contributed by atoms with Gasteiger partial charge in [0.1, 0.15) is 66.0 Å². The molecule has 616 valence electrons. The highest BCUT2D eigenvalue weighted by Crippen LogP contribution is 2.20. The number of nitrogens with zero attached hydrogens (tertiary/aromatic N) is 2. The number of ether oxygens (including phenoxy) is 1. The summed E-state index contributed by atoms with van der Waals surface area (Å²) in [5, 5.41) is 54.5. The molecule has 30 nitrogen and oxygen atoms in total. The van der Waals surface area contributed by atoms with Crippen molar-refractivity contribution in [1.29, 1.82) is 0 Å². The number of hydrogen-bond donors (Lipinski definition) is 13. The quantitative estimate of drug-likeness (QED) is 0.00794. The second-order valence-corrected chi connectivity index (χ2v) is 24.7. The van der Waals surface area contributed by atoms with Gasteiger partial charge in [-0.15, -0.1) is 11.8 Å². The summed E-state index contributed by atoms with van der Waals surface area (Å²) < 4.78 is 5.18. The molecule has 0 saturated heterocycles. The van der Waals surface area contributed by atoms with Crippen LogP contribution in [-0.4, -0.2) is 187 Å². The first-order valence-electron chi connectivity index (χ1n) is 32.3. The van der Waals surface area contributed by atoms with Gasteiger partial charge in [0.25, 0.3) is 5.91 Å². The maximum atomic E-state index is 11.6. The van der Waals surface area contributed by atoms with Gasteiger partial charge in [-0.3, -0.25) is 72.1 Å². The fourth-order valence-corrected chi connectivity index (χ4v) is 8.74. The van der Waals surface area contributed by atoms with E-state index in [9.17, 15) is 67.1 Å². The lowest BCUT2D eigenvalue weighted by Gasteiger charge is -2.08. The van der Waals surface area contributed by atoms with Crippen molar-refractivity contribution in [2.75, 3.05) is 25.4 Å². The minimum absolute atomic E-state index is 0. The molecule has 0 spiro atoms. The van der Waals surface area contributed by atoms with Gasteiger partial charge in [-0.1, -0.05) is 154 Å². The van der Waals surface area contributed by atoms with Crippen LogP contribution in [0.3, 0.4) is 0 Å². The molecule has 6 unspecified atom stereocenters. The normalized spacial score (nSPS) is 11.5. The Labute approximate surface area is 660 Å². The Kier molecular flexibility index (Phi) is 60.1. The lowest BCUT2D eigenvalue weighted by molar-refractivity contribution is -0.139. The first kappa shape index (κ1) is 111. The number of benzene rings is 6. The average molecular weight is 1580 g/mol. The molecule has 2 amide bonds. The van der Waals surface area contributed by atoms with Crippen LogP contribution in [0.15, 0.2) is 160 Å². The maximum Gasteiger partial charge on any atom is 0.320 e. The molecule has 0 saturated carbocycles. The van der Waals surface area contributed by atoms with Gasteiger partial charge < -0.3 is 75.1 Å². The molecule has 0 aliphatic carbocycles. The summed E-state index contributed by atoms with van der Waals surface area (Å²) in [4.78, 5) is 160. The zero-order valence-corrected chi connectivity index (χ0v) is 60.1. The Bertz CT molecular complexity index is 3890. The van der Waals surface area contributed by atoms with E-state index >= 15 is 0 Å². The number of carbonyl (C=O) groups is 14. The summed E-state index contributed by atoms with van der Waals surface area (Å²) in [5.74, 6) is -6.23. The molecule has 0 radical (unpaired) electrons. The van der Waals surface area contributed by atoms with Gasteiger partial charge in [-0.05, 0) is 154 Å². The minimum Gasteiger partial charge on any atom is -0.486 e. The molecule has 0 heterocycles. The third kappa shape index (κ3) is 51.8. The molecule has 0 aliphatic heterocycles. The third-order valence-corrected chi connectivity index (χ3v) is 14.8. The highest BCUT2D eigenvalue weighted by atomic mass is 32.2. The number of carboxylic acids is 6. The lowest BCUT2D eigenvalue weighted by Crippen LogP contribution is -2.32. The van der Waals surface area contributed by atoms with Crippen LogP contribution in [0.5, 0.6) is 5.75 Å². The topological polar surface area (TPSA) is 562 Å². The fourth-order valence-electron chi connectivity index (χ4n) is 8.04. The van der Waals surface area contributed by atoms with Crippen molar-refractivity contribution >= 4 is 107 Å². The van der Waals surface area contributed by atoms with E-state index in [4.69, 9.17) is 69.8 Å². The van der Waals surface area contributed by atoms with Crippen molar-refractivity contribution in [3.8, 4) is 5.75 Å². The van der Waals surface area contributed by atoms with E-state index in [-0.39, 0.29) is 143 Å². The maximum absolute atomic E-state index is 11.6. The standard InChI is InChI=1S/C13H16N2O4.C13H16N2O3.C13H15NO4.C12H14N2O3.C12H15NO4.C12H15NO3S.6CH4/c1-8(16)7-15-12(17)10-4-2-9(3-5-10)6-11(14)13(18)19;1-9(16)7-15-8-11-4-2-10(3-5-11)6-12(14)13(17)18;1-8(15)6-12(16)10-4-2-9(3-5-10)7-11(14)13(17)18;1-8(15)14-7-10-4-2-9(3-5-10)6-11(13)12(16)17;2*1-8(14)7-17-10-4-2-9(3-5-10)6-11(13)12(15)16;;;;;;/h2-5,11H,6-7,14H2,1H3,(H,15,17)(H,18,19);2-5,8,12H,6-7,14H2,1H3,(H,17,18);2-5,11H,6-7,14H2,1H3,(H,17,18);2-5,7,11H,6,13H2,1H3,(H,16,17);2*2-5,11H,6-7,13H2,1H3,(H,15,16);6*1H4. The molecule has 6 aromatic rings. The number of nitrogens with one attached hydrogen (secondary N) is 1. The SMILES string of the molecule is C.C.C.C.C.C.CC(=O)CC(=O)c1ccc(CC(N)C(=O)O)cc1.CC(=O)CN=Cc1ccc(CC(N)C(=O)O)cc1.CC(=O)CNC(=O)c1ccc(CC(N)C(=O)O)cc1.CC(=O)COc1ccc(CC(N)C(=O)O)cc1.CC(=O)CSc1ccc(CC(N)C(=O)O)cc1.CC(=O)N=Cc1ccc(CC(N)C(=O)O)cc1. The minimum atomic E-state index is -1.07. The molecule has 0 aromatic heterocycles. The van der Waals surface area contributed by atoms with Crippen LogP contribution in [0.2, 0.25) is 0 Å². The van der Waals surface area contributed by atoms with Crippen molar-refractivity contribution < 1.29 is 102 Å². The van der Waals surface area contributed by atoms with E-state index in [2.05, 4.69) is 15.3 Å². The van der Waals surface area contributed by atoms with Crippen LogP contribution in [0.1, 0.15) is 158 Å². The van der Waals surface area contributed by atoms with Crippen molar-refractivity contribution in [3.05, 3.63) is 201 Å². The molecular weight excluding hydrogens is 1470 g/mol. The van der Waals surface area contributed by atoms with Crippen LogP contribution >= 0.6 is 11.8 Å².